The molecule has 0 radical (unpaired) electrons. The van der Waals surface area contributed by atoms with Crippen molar-refractivity contribution in [2.45, 2.75) is 20.4 Å². The van der Waals surface area contributed by atoms with Crippen LogP contribution in [0.15, 0.2) is 53.2 Å². The highest BCUT2D eigenvalue weighted by atomic mass is 16.3. The predicted octanol–water partition coefficient (Wildman–Crippen LogP) is 3.20. The van der Waals surface area contributed by atoms with E-state index in [0.717, 1.165) is 11.3 Å². The quantitative estimate of drug-likeness (QED) is 0.805. The fraction of sp³-hybridized carbons (Fsp3) is 0.222. The number of anilines is 1. The molecule has 2 N–H and O–H groups in total. The van der Waals surface area contributed by atoms with Gasteiger partial charge in [0.1, 0.15) is 5.76 Å². The third-order valence-corrected chi connectivity index (χ3v) is 3.13. The van der Waals surface area contributed by atoms with Crippen LogP contribution in [-0.2, 0) is 16.1 Å². The number of carbonyl (C=O) groups is 2. The van der Waals surface area contributed by atoms with Gasteiger partial charge in [-0.3, -0.25) is 9.59 Å². The second-order valence-corrected chi connectivity index (χ2v) is 5.41. The Bertz CT molecular complexity index is 688. The molecular weight excluding hydrogens is 292 g/mol. The van der Waals surface area contributed by atoms with Crippen molar-refractivity contribution < 1.29 is 14.0 Å². The smallest absolute Gasteiger partial charge is 0.244 e. The van der Waals surface area contributed by atoms with E-state index in [1.165, 1.54) is 6.08 Å². The van der Waals surface area contributed by atoms with Crippen molar-refractivity contribution in [3.63, 3.8) is 0 Å². The molecule has 0 unspecified atom stereocenters. The molecule has 23 heavy (non-hydrogen) atoms. The zero-order valence-corrected chi connectivity index (χ0v) is 13.2. The van der Waals surface area contributed by atoms with E-state index in [9.17, 15) is 9.59 Å². The lowest BCUT2D eigenvalue weighted by Gasteiger charge is -2.09. The van der Waals surface area contributed by atoms with Crippen molar-refractivity contribution in [3.05, 3.63) is 60.1 Å². The van der Waals surface area contributed by atoms with Crippen molar-refractivity contribution in [3.8, 4) is 0 Å². The van der Waals surface area contributed by atoms with Crippen LogP contribution in [0.1, 0.15) is 25.2 Å². The molecule has 1 heterocycles. The van der Waals surface area contributed by atoms with Gasteiger partial charge in [-0.1, -0.05) is 26.0 Å². The molecule has 2 rings (SSSR count). The Balaban J connectivity index is 1.88. The first-order chi connectivity index (χ1) is 11.0. The summed E-state index contributed by atoms with van der Waals surface area (Å²) in [5.41, 5.74) is 1.63. The molecule has 120 valence electrons. The van der Waals surface area contributed by atoms with E-state index in [1.54, 1.807) is 24.5 Å². The Morgan fingerprint density at radius 3 is 2.74 bits per heavy atom. The van der Waals surface area contributed by atoms with Gasteiger partial charge in [0.05, 0.1) is 6.26 Å². The molecule has 0 aliphatic heterocycles. The maximum absolute atomic E-state index is 11.8. The summed E-state index contributed by atoms with van der Waals surface area (Å²) in [4.78, 5) is 23.4. The standard InChI is InChI=1S/C18H20N2O3/c1-13(2)18(22)20-15-6-3-5-14(11-15)12-19-17(21)9-8-16-7-4-10-23-16/h3-11,13H,12H2,1-2H3,(H,19,21)(H,20,22)/b9-8+. The van der Waals surface area contributed by atoms with Crippen LogP contribution in [0.3, 0.4) is 0 Å². The normalized spacial score (nSPS) is 10.9. The third-order valence-electron chi connectivity index (χ3n) is 3.13. The highest BCUT2D eigenvalue weighted by Crippen LogP contribution is 2.12. The molecule has 5 heteroatoms. The van der Waals surface area contributed by atoms with Gasteiger partial charge in [-0.25, -0.2) is 0 Å². The molecule has 0 bridgehead atoms. The number of amides is 2. The molecular formula is C18H20N2O3. The lowest BCUT2D eigenvalue weighted by atomic mass is 10.1. The summed E-state index contributed by atoms with van der Waals surface area (Å²) in [7, 11) is 0. The topological polar surface area (TPSA) is 71.3 Å². The minimum Gasteiger partial charge on any atom is -0.465 e. The van der Waals surface area contributed by atoms with Crippen molar-refractivity contribution >= 4 is 23.6 Å². The van der Waals surface area contributed by atoms with Crippen molar-refractivity contribution in [2.24, 2.45) is 5.92 Å². The van der Waals surface area contributed by atoms with Crippen LogP contribution >= 0.6 is 0 Å². The third kappa shape index (κ3) is 5.47. The molecule has 2 aromatic rings. The molecule has 0 atom stereocenters. The number of carbonyl (C=O) groups excluding carboxylic acids is 2. The molecule has 0 fully saturated rings. The molecule has 0 aliphatic carbocycles. The van der Waals surface area contributed by atoms with Gasteiger partial charge in [-0.2, -0.15) is 0 Å². The fourth-order valence-electron chi connectivity index (χ4n) is 1.84. The van der Waals surface area contributed by atoms with E-state index < -0.39 is 0 Å². The summed E-state index contributed by atoms with van der Waals surface area (Å²) < 4.78 is 5.11. The van der Waals surface area contributed by atoms with Crippen LogP contribution in [0.2, 0.25) is 0 Å². The summed E-state index contributed by atoms with van der Waals surface area (Å²) in [6.45, 7) is 4.06. The molecule has 0 saturated heterocycles. The molecule has 0 saturated carbocycles. The molecule has 1 aromatic heterocycles. The van der Waals surface area contributed by atoms with E-state index in [2.05, 4.69) is 10.6 Å². The Labute approximate surface area is 135 Å². The minimum absolute atomic E-state index is 0.0347. The number of nitrogens with one attached hydrogen (secondary N) is 2. The lowest BCUT2D eigenvalue weighted by Crippen LogP contribution is -2.21. The molecule has 0 aliphatic rings. The maximum Gasteiger partial charge on any atom is 0.244 e. The molecule has 2 amide bonds. The van der Waals surface area contributed by atoms with Crippen molar-refractivity contribution in [1.82, 2.24) is 5.32 Å². The van der Waals surface area contributed by atoms with Crippen LogP contribution in [0.4, 0.5) is 5.69 Å². The largest absolute Gasteiger partial charge is 0.465 e. The number of hydrogen-bond acceptors (Lipinski definition) is 3. The molecule has 1 aromatic carbocycles. The van der Waals surface area contributed by atoms with Gasteiger partial charge in [0, 0.05) is 24.2 Å². The van der Waals surface area contributed by atoms with Gasteiger partial charge in [0.2, 0.25) is 11.8 Å². The van der Waals surface area contributed by atoms with Crippen molar-refractivity contribution in [1.29, 1.82) is 0 Å². The van der Waals surface area contributed by atoms with Gasteiger partial charge in [0.25, 0.3) is 0 Å². The molecule has 0 spiro atoms. The zero-order chi connectivity index (χ0) is 16.7. The zero-order valence-electron chi connectivity index (χ0n) is 13.2. The minimum atomic E-state index is -0.210. The van der Waals surface area contributed by atoms with E-state index in [0.29, 0.717) is 12.3 Å². The SMILES string of the molecule is CC(C)C(=O)Nc1cccc(CNC(=O)/C=C/c2ccco2)c1. The van der Waals surface area contributed by atoms with E-state index >= 15 is 0 Å². The summed E-state index contributed by atoms with van der Waals surface area (Å²) in [6, 6.07) is 10.9. The Hall–Kier alpha value is -2.82. The van der Waals surface area contributed by atoms with Crippen LogP contribution in [0.5, 0.6) is 0 Å². The first kappa shape index (κ1) is 16.5. The van der Waals surface area contributed by atoms with Gasteiger partial charge in [-0.05, 0) is 35.9 Å². The highest BCUT2D eigenvalue weighted by Gasteiger charge is 2.07. The first-order valence-corrected chi connectivity index (χ1v) is 7.44. The summed E-state index contributed by atoms with van der Waals surface area (Å²) >= 11 is 0. The van der Waals surface area contributed by atoms with Crippen molar-refractivity contribution in [2.75, 3.05) is 5.32 Å². The van der Waals surface area contributed by atoms with Gasteiger partial charge in [0.15, 0.2) is 0 Å². The highest BCUT2D eigenvalue weighted by molar-refractivity contribution is 5.92. The molecule has 5 nitrogen and oxygen atoms in total. The average molecular weight is 312 g/mol. The number of rotatable bonds is 6. The Morgan fingerprint density at radius 1 is 1.22 bits per heavy atom. The second kappa shape index (κ2) is 7.98. The van der Waals surface area contributed by atoms with Crippen LogP contribution < -0.4 is 10.6 Å². The van der Waals surface area contributed by atoms with Gasteiger partial charge >= 0.3 is 0 Å². The van der Waals surface area contributed by atoms with E-state index in [-0.39, 0.29) is 17.7 Å². The maximum atomic E-state index is 11.8. The Morgan fingerprint density at radius 2 is 2.04 bits per heavy atom. The van der Waals surface area contributed by atoms with Crippen LogP contribution in [0, 0.1) is 5.92 Å². The fourth-order valence-corrected chi connectivity index (χ4v) is 1.84. The number of benzene rings is 1. The lowest BCUT2D eigenvalue weighted by molar-refractivity contribution is -0.119. The summed E-state index contributed by atoms with van der Waals surface area (Å²) in [5.74, 6) is 0.300. The summed E-state index contributed by atoms with van der Waals surface area (Å²) in [6.07, 6.45) is 4.58. The van der Waals surface area contributed by atoms with Gasteiger partial charge < -0.3 is 15.1 Å². The van der Waals surface area contributed by atoms with E-state index in [4.69, 9.17) is 4.42 Å². The van der Waals surface area contributed by atoms with E-state index in [1.807, 2.05) is 38.1 Å². The van der Waals surface area contributed by atoms with Gasteiger partial charge in [-0.15, -0.1) is 0 Å². The monoisotopic (exact) mass is 312 g/mol. The van der Waals surface area contributed by atoms with Crippen LogP contribution in [0.25, 0.3) is 6.08 Å². The first-order valence-electron chi connectivity index (χ1n) is 7.44. The predicted molar refractivity (Wildman–Crippen MR) is 89.5 cm³/mol. The number of hydrogen-bond donors (Lipinski definition) is 2. The number of furan rings is 1. The van der Waals surface area contributed by atoms with Crippen LogP contribution in [-0.4, -0.2) is 11.8 Å². The second-order valence-electron chi connectivity index (χ2n) is 5.41. The summed E-state index contributed by atoms with van der Waals surface area (Å²) in [5, 5.41) is 5.62. The Kier molecular flexibility index (Phi) is 5.74. The average Bonchev–Trinajstić information content (AvgIpc) is 3.04.